The van der Waals surface area contributed by atoms with Gasteiger partial charge in [0.15, 0.2) is 6.61 Å². The van der Waals surface area contributed by atoms with Crippen LogP contribution < -0.4 is 10.1 Å². The van der Waals surface area contributed by atoms with Crippen LogP contribution in [-0.2, 0) is 19.1 Å². The molecular weight excluding hydrogens is 642 g/mol. The molecule has 49 heavy (non-hydrogen) atoms. The van der Waals surface area contributed by atoms with E-state index in [0.717, 1.165) is 18.4 Å². The van der Waals surface area contributed by atoms with Gasteiger partial charge in [-0.3, -0.25) is 19.2 Å². The van der Waals surface area contributed by atoms with Crippen molar-refractivity contribution in [2.75, 3.05) is 65.6 Å². The van der Waals surface area contributed by atoms with Crippen molar-refractivity contribution < 1.29 is 42.2 Å². The normalized spacial score (nSPS) is 19.1. The molecule has 0 saturated carbocycles. The number of piperidine rings is 1. The maximum absolute atomic E-state index is 13.6. The van der Waals surface area contributed by atoms with Crippen LogP contribution in [0, 0.1) is 6.92 Å². The number of pyridine rings is 1. The topological polar surface area (TPSA) is 142 Å². The monoisotopic (exact) mass is 686 g/mol. The van der Waals surface area contributed by atoms with Crippen molar-refractivity contribution in [2.45, 2.75) is 64.3 Å². The maximum Gasteiger partial charge on any atom is 0.409 e. The molecule has 2 aromatic rings. The Balaban J connectivity index is 1.18. The fourth-order valence-electron chi connectivity index (χ4n) is 6.24. The van der Waals surface area contributed by atoms with Gasteiger partial charge in [0.2, 0.25) is 11.8 Å². The Hall–Kier alpha value is -4.56. The molecule has 1 atom stereocenters. The first-order chi connectivity index (χ1) is 23.5. The number of nitrogens with one attached hydrogen (secondary N) is 1. The maximum atomic E-state index is 13.6. The van der Waals surface area contributed by atoms with Gasteiger partial charge in [0.05, 0.1) is 18.7 Å². The fraction of sp³-hybridized carbons (Fsp3) is 0.588. The Kier molecular flexibility index (Phi) is 11.5. The molecule has 0 bridgehead atoms. The molecule has 1 aromatic heterocycles. The summed E-state index contributed by atoms with van der Waals surface area (Å²) in [7, 11) is 0. The first-order valence-electron chi connectivity index (χ1n) is 16.9. The van der Waals surface area contributed by atoms with Crippen LogP contribution in [0.3, 0.4) is 0 Å². The number of alkyl halides is 2. The number of amides is 5. The number of hydrogen-bond donors (Lipinski definition) is 1. The molecule has 1 aromatic carbocycles. The lowest BCUT2D eigenvalue weighted by Gasteiger charge is -2.35. The van der Waals surface area contributed by atoms with Crippen molar-refractivity contribution in [3.63, 3.8) is 0 Å². The number of carbonyl (C=O) groups is 5. The molecule has 1 N–H and O–H groups in total. The zero-order valence-electron chi connectivity index (χ0n) is 28.1. The highest BCUT2D eigenvalue weighted by atomic mass is 19.3. The van der Waals surface area contributed by atoms with E-state index >= 15 is 0 Å². The number of likely N-dealkylation sites (tertiary alicyclic amines) is 2. The van der Waals surface area contributed by atoms with E-state index in [0.29, 0.717) is 63.1 Å². The van der Waals surface area contributed by atoms with Crippen LogP contribution in [0.2, 0.25) is 0 Å². The van der Waals surface area contributed by atoms with Crippen molar-refractivity contribution in [1.29, 1.82) is 0 Å². The molecule has 0 radical (unpaired) electrons. The fourth-order valence-corrected chi connectivity index (χ4v) is 6.24. The average molecular weight is 687 g/mol. The molecule has 3 aliphatic heterocycles. The van der Waals surface area contributed by atoms with Gasteiger partial charge in [0.1, 0.15) is 17.5 Å². The molecule has 266 valence electrons. The van der Waals surface area contributed by atoms with Crippen LogP contribution in [-0.4, -0.2) is 132 Å². The van der Waals surface area contributed by atoms with Crippen molar-refractivity contribution in [3.05, 3.63) is 35.5 Å². The summed E-state index contributed by atoms with van der Waals surface area (Å²) in [6.45, 7) is 5.09. The van der Waals surface area contributed by atoms with E-state index in [4.69, 9.17) is 9.47 Å². The number of aromatic nitrogens is 1. The summed E-state index contributed by atoms with van der Waals surface area (Å²) in [5, 5.41) is 3.19. The third-order valence-electron chi connectivity index (χ3n) is 9.19. The van der Waals surface area contributed by atoms with Crippen LogP contribution in [0.4, 0.5) is 13.6 Å². The summed E-state index contributed by atoms with van der Waals surface area (Å²) in [5.41, 5.74) is 1.33. The molecule has 5 amide bonds. The molecule has 3 aliphatic rings. The van der Waals surface area contributed by atoms with E-state index in [1.54, 1.807) is 21.9 Å². The van der Waals surface area contributed by atoms with Crippen molar-refractivity contribution in [1.82, 2.24) is 29.9 Å². The highest BCUT2D eigenvalue weighted by Crippen LogP contribution is 2.30. The number of benzene rings is 1. The van der Waals surface area contributed by atoms with E-state index in [-0.39, 0.29) is 42.9 Å². The average Bonchev–Trinajstić information content (AvgIpc) is 3.59. The second kappa shape index (κ2) is 15.8. The van der Waals surface area contributed by atoms with Crippen molar-refractivity contribution >= 4 is 40.6 Å². The van der Waals surface area contributed by atoms with Gasteiger partial charge in [-0.1, -0.05) is 19.4 Å². The minimum Gasteiger partial charge on any atom is -0.483 e. The van der Waals surface area contributed by atoms with Gasteiger partial charge in [-0.15, -0.1) is 0 Å². The predicted molar refractivity (Wildman–Crippen MR) is 174 cm³/mol. The Morgan fingerprint density at radius 3 is 2.37 bits per heavy atom. The molecular formula is C34H44F2N6O7. The molecule has 3 saturated heterocycles. The standard InChI is InChI=1S/C34H44F2N6O7/c1-3-4-18-48-33(47)41-16-14-39(15-17-41)29(43)21-37-31(45)26-20-28(24-8-7-23(2)19-25(24)38-26)49-22-30(44)42-11-5-6-27(42)32(46)40-12-9-34(35,36)10-13-40/h7-8,19-20,27H,3-6,9-18,21-22H2,1-2H3,(H,37,45)/t27-/m0/s1. The highest BCUT2D eigenvalue weighted by Gasteiger charge is 2.41. The number of aryl methyl sites for hydroxylation is 1. The lowest BCUT2D eigenvalue weighted by atomic mass is 10.1. The number of fused-ring (bicyclic) bond motifs is 1. The number of piperazine rings is 1. The molecule has 13 nitrogen and oxygen atoms in total. The number of unbranched alkanes of at least 4 members (excludes halogenated alkanes) is 1. The van der Waals surface area contributed by atoms with E-state index in [1.165, 1.54) is 15.9 Å². The van der Waals surface area contributed by atoms with Gasteiger partial charge in [0.25, 0.3) is 17.7 Å². The van der Waals surface area contributed by atoms with Gasteiger partial charge < -0.3 is 34.4 Å². The lowest BCUT2D eigenvalue weighted by molar-refractivity contribution is -0.148. The minimum atomic E-state index is -2.78. The van der Waals surface area contributed by atoms with Gasteiger partial charge in [-0.05, 0) is 43.9 Å². The van der Waals surface area contributed by atoms with Crippen LogP contribution >= 0.6 is 0 Å². The summed E-state index contributed by atoms with van der Waals surface area (Å²) in [6.07, 6.45) is 1.57. The number of carbonyl (C=O) groups excluding carboxylic acids is 5. The summed E-state index contributed by atoms with van der Waals surface area (Å²) < 4.78 is 38.5. The third-order valence-corrected chi connectivity index (χ3v) is 9.19. The Morgan fingerprint density at radius 1 is 0.939 bits per heavy atom. The molecule has 15 heteroatoms. The largest absolute Gasteiger partial charge is 0.483 e. The van der Waals surface area contributed by atoms with Gasteiger partial charge in [-0.2, -0.15) is 0 Å². The van der Waals surface area contributed by atoms with Crippen LogP contribution in [0.15, 0.2) is 24.3 Å². The number of nitrogens with zero attached hydrogens (tertiary/aromatic N) is 5. The quantitative estimate of drug-likeness (QED) is 0.376. The zero-order valence-corrected chi connectivity index (χ0v) is 28.1. The molecule has 0 spiro atoms. The first-order valence-corrected chi connectivity index (χ1v) is 16.9. The smallest absolute Gasteiger partial charge is 0.409 e. The number of rotatable bonds is 10. The second-order valence-electron chi connectivity index (χ2n) is 12.8. The number of halogens is 2. The zero-order chi connectivity index (χ0) is 35.1. The van der Waals surface area contributed by atoms with E-state index in [1.807, 2.05) is 19.9 Å². The molecule has 5 rings (SSSR count). The summed E-state index contributed by atoms with van der Waals surface area (Å²) >= 11 is 0. The minimum absolute atomic E-state index is 0.0101. The third kappa shape index (κ3) is 8.92. The van der Waals surface area contributed by atoms with Crippen LogP contribution in [0.25, 0.3) is 10.9 Å². The summed E-state index contributed by atoms with van der Waals surface area (Å²) in [6, 6.07) is 6.07. The molecule has 0 aliphatic carbocycles. The lowest BCUT2D eigenvalue weighted by Crippen LogP contribution is -2.52. The SMILES string of the molecule is CCCCOC(=O)N1CCN(C(=O)CNC(=O)c2cc(OCC(=O)N3CCC[C@H]3C(=O)N3CCC(F)(F)CC3)c3ccc(C)cc3n2)CC1. The first kappa shape index (κ1) is 35.7. The predicted octanol–water partition coefficient (Wildman–Crippen LogP) is 2.98. The molecule has 3 fully saturated rings. The number of ether oxygens (including phenoxy) is 2. The number of hydrogen-bond acceptors (Lipinski definition) is 8. The van der Waals surface area contributed by atoms with Crippen LogP contribution in [0.1, 0.15) is 61.5 Å². The Labute approximate surface area is 283 Å². The van der Waals surface area contributed by atoms with Gasteiger partial charge >= 0.3 is 6.09 Å². The van der Waals surface area contributed by atoms with E-state index in [9.17, 15) is 32.8 Å². The van der Waals surface area contributed by atoms with E-state index < -0.39 is 49.3 Å². The van der Waals surface area contributed by atoms with Crippen molar-refractivity contribution in [2.24, 2.45) is 0 Å². The molecule has 0 unspecified atom stereocenters. The van der Waals surface area contributed by atoms with E-state index in [2.05, 4.69) is 10.3 Å². The Morgan fingerprint density at radius 2 is 1.65 bits per heavy atom. The van der Waals surface area contributed by atoms with Crippen LogP contribution in [0.5, 0.6) is 5.75 Å². The van der Waals surface area contributed by atoms with Crippen molar-refractivity contribution in [3.8, 4) is 5.75 Å². The Bertz CT molecular complexity index is 1550. The van der Waals surface area contributed by atoms with Gasteiger partial charge in [0, 0.05) is 70.1 Å². The van der Waals surface area contributed by atoms with Gasteiger partial charge in [-0.25, -0.2) is 18.6 Å². The summed E-state index contributed by atoms with van der Waals surface area (Å²) in [4.78, 5) is 75.2. The second-order valence-corrected chi connectivity index (χ2v) is 12.8. The summed E-state index contributed by atoms with van der Waals surface area (Å²) in [5.74, 6) is -4.22. The highest BCUT2D eigenvalue weighted by molar-refractivity contribution is 5.99. The molecule has 4 heterocycles.